The molecule has 0 bridgehead atoms. The minimum absolute atomic E-state index is 0.00866. The Morgan fingerprint density at radius 1 is 1.35 bits per heavy atom. The van der Waals surface area contributed by atoms with Crippen molar-refractivity contribution < 1.29 is 17.7 Å². The van der Waals surface area contributed by atoms with Crippen molar-refractivity contribution in [1.82, 2.24) is 20.2 Å². The summed E-state index contributed by atoms with van der Waals surface area (Å²) in [5, 5.41) is 6.31. The van der Waals surface area contributed by atoms with Gasteiger partial charge in [-0.1, -0.05) is 11.2 Å². The lowest BCUT2D eigenvalue weighted by Gasteiger charge is -2.07. The van der Waals surface area contributed by atoms with Crippen LogP contribution < -0.4 is 10.0 Å². The Labute approximate surface area is 134 Å². The number of amides is 1. The standard InChI is InChI=1S/C14H18N4O4S/c1-10-14(11(2)22-18-10)23(20,21)17-7-5-13(19)16-9-12-4-3-6-15-8-12/h3-4,6,8,17H,5,7,9H2,1-2H3,(H,16,19). The van der Waals surface area contributed by atoms with Gasteiger partial charge in [-0.25, -0.2) is 13.1 Å². The fourth-order valence-electron chi connectivity index (χ4n) is 2.02. The van der Waals surface area contributed by atoms with Gasteiger partial charge in [0.2, 0.25) is 15.9 Å². The van der Waals surface area contributed by atoms with Crippen LogP contribution in [0, 0.1) is 13.8 Å². The van der Waals surface area contributed by atoms with Gasteiger partial charge in [0, 0.05) is 31.9 Å². The van der Waals surface area contributed by atoms with Crippen LogP contribution in [-0.2, 0) is 21.4 Å². The number of nitrogens with one attached hydrogen (secondary N) is 2. The third-order valence-electron chi connectivity index (χ3n) is 3.09. The van der Waals surface area contributed by atoms with Gasteiger partial charge in [-0.05, 0) is 25.5 Å². The van der Waals surface area contributed by atoms with E-state index in [0.29, 0.717) is 6.54 Å². The van der Waals surface area contributed by atoms with Gasteiger partial charge in [0.1, 0.15) is 10.6 Å². The van der Waals surface area contributed by atoms with E-state index >= 15 is 0 Å². The van der Waals surface area contributed by atoms with E-state index in [2.05, 4.69) is 20.2 Å². The maximum absolute atomic E-state index is 12.1. The van der Waals surface area contributed by atoms with Crippen LogP contribution in [0.25, 0.3) is 0 Å². The third-order valence-corrected chi connectivity index (χ3v) is 4.80. The summed E-state index contributed by atoms with van der Waals surface area (Å²) in [7, 11) is -3.74. The van der Waals surface area contributed by atoms with Gasteiger partial charge in [-0.3, -0.25) is 9.78 Å². The first-order valence-corrected chi connectivity index (χ1v) is 8.46. The van der Waals surface area contributed by atoms with Crippen LogP contribution in [0.3, 0.4) is 0 Å². The van der Waals surface area contributed by atoms with Gasteiger partial charge in [-0.2, -0.15) is 0 Å². The molecule has 2 aromatic rings. The molecule has 8 nitrogen and oxygen atoms in total. The van der Waals surface area contributed by atoms with Crippen LogP contribution >= 0.6 is 0 Å². The van der Waals surface area contributed by atoms with E-state index in [9.17, 15) is 13.2 Å². The Hall–Kier alpha value is -2.26. The first-order chi connectivity index (χ1) is 10.9. The third kappa shape index (κ3) is 4.60. The minimum atomic E-state index is -3.74. The van der Waals surface area contributed by atoms with Gasteiger partial charge in [0.05, 0.1) is 0 Å². The molecule has 9 heteroatoms. The summed E-state index contributed by atoms with van der Waals surface area (Å²) in [6.07, 6.45) is 3.33. The summed E-state index contributed by atoms with van der Waals surface area (Å²) >= 11 is 0. The van der Waals surface area contributed by atoms with Gasteiger partial charge in [0.15, 0.2) is 5.76 Å². The summed E-state index contributed by atoms with van der Waals surface area (Å²) in [6.45, 7) is 3.41. The molecule has 0 fully saturated rings. The molecule has 0 spiro atoms. The van der Waals surface area contributed by atoms with Crippen LogP contribution in [0.4, 0.5) is 0 Å². The zero-order valence-electron chi connectivity index (χ0n) is 12.9. The van der Waals surface area contributed by atoms with Crippen molar-refractivity contribution in [2.75, 3.05) is 6.54 Å². The van der Waals surface area contributed by atoms with Crippen LogP contribution in [-0.4, -0.2) is 31.0 Å². The number of sulfonamides is 1. The Morgan fingerprint density at radius 3 is 2.74 bits per heavy atom. The zero-order valence-corrected chi connectivity index (χ0v) is 13.7. The minimum Gasteiger partial charge on any atom is -0.360 e. The van der Waals surface area contributed by atoms with E-state index < -0.39 is 10.0 Å². The second-order valence-electron chi connectivity index (χ2n) is 4.94. The Bertz CT molecular complexity index is 752. The Kier molecular flexibility index (Phi) is 5.45. The summed E-state index contributed by atoms with van der Waals surface area (Å²) in [6, 6.07) is 3.62. The molecule has 0 aliphatic carbocycles. The molecule has 0 aliphatic heterocycles. The van der Waals surface area contributed by atoms with Gasteiger partial charge >= 0.3 is 0 Å². The molecule has 23 heavy (non-hydrogen) atoms. The van der Waals surface area contributed by atoms with Crippen LogP contribution in [0.5, 0.6) is 0 Å². The fraction of sp³-hybridized carbons (Fsp3) is 0.357. The normalized spacial score (nSPS) is 11.4. The molecule has 0 aliphatic rings. The van der Waals surface area contributed by atoms with Crippen molar-refractivity contribution in [2.45, 2.75) is 31.7 Å². The molecule has 0 saturated heterocycles. The summed E-state index contributed by atoms with van der Waals surface area (Å²) < 4.78 is 31.5. The number of aromatic nitrogens is 2. The Balaban J connectivity index is 1.81. The highest BCUT2D eigenvalue weighted by molar-refractivity contribution is 7.89. The molecule has 2 rings (SSSR count). The van der Waals surface area contributed by atoms with Crippen molar-refractivity contribution in [2.24, 2.45) is 0 Å². The topological polar surface area (TPSA) is 114 Å². The predicted octanol–water partition coefficient (Wildman–Crippen LogP) is 0.671. The van der Waals surface area contributed by atoms with Crippen LogP contribution in [0.1, 0.15) is 23.4 Å². The van der Waals surface area contributed by atoms with E-state index in [1.54, 1.807) is 25.4 Å². The molecule has 0 saturated carbocycles. The van der Waals surface area contributed by atoms with Gasteiger partial charge in [-0.15, -0.1) is 0 Å². The molecular weight excluding hydrogens is 320 g/mol. The number of nitrogens with zero attached hydrogens (tertiary/aromatic N) is 2. The highest BCUT2D eigenvalue weighted by Gasteiger charge is 2.23. The Morgan fingerprint density at radius 2 is 2.13 bits per heavy atom. The number of rotatable bonds is 7. The average molecular weight is 338 g/mol. The number of carbonyl (C=O) groups excluding carboxylic acids is 1. The second-order valence-corrected chi connectivity index (χ2v) is 6.64. The average Bonchev–Trinajstić information content (AvgIpc) is 2.86. The van der Waals surface area contributed by atoms with E-state index in [0.717, 1.165) is 5.56 Å². The van der Waals surface area contributed by atoms with E-state index in [4.69, 9.17) is 4.52 Å². The van der Waals surface area contributed by atoms with E-state index in [1.165, 1.54) is 6.92 Å². The zero-order chi connectivity index (χ0) is 16.9. The lowest BCUT2D eigenvalue weighted by atomic mass is 10.3. The van der Waals surface area contributed by atoms with Gasteiger partial charge in [0.25, 0.3) is 0 Å². The lowest BCUT2D eigenvalue weighted by Crippen LogP contribution is -2.31. The maximum atomic E-state index is 12.1. The molecule has 0 radical (unpaired) electrons. The molecule has 0 atom stereocenters. The summed E-state index contributed by atoms with van der Waals surface area (Å²) in [5.41, 5.74) is 1.16. The summed E-state index contributed by atoms with van der Waals surface area (Å²) in [5.74, 6) is -0.0358. The van der Waals surface area contributed by atoms with Crippen LogP contribution in [0.15, 0.2) is 33.9 Å². The SMILES string of the molecule is Cc1noc(C)c1S(=O)(=O)NCCC(=O)NCc1cccnc1. The molecule has 0 unspecified atom stereocenters. The second kappa shape index (κ2) is 7.34. The van der Waals surface area contributed by atoms with Crippen molar-refractivity contribution in [1.29, 1.82) is 0 Å². The number of aryl methyl sites for hydroxylation is 2. The van der Waals surface area contributed by atoms with Crippen molar-refractivity contribution >= 4 is 15.9 Å². The van der Waals surface area contributed by atoms with Crippen molar-refractivity contribution in [3.05, 3.63) is 41.5 Å². The van der Waals surface area contributed by atoms with Gasteiger partial charge < -0.3 is 9.84 Å². The van der Waals surface area contributed by atoms with Crippen molar-refractivity contribution in [3.8, 4) is 0 Å². The molecule has 2 N–H and O–H groups in total. The van der Waals surface area contributed by atoms with Crippen LogP contribution in [0.2, 0.25) is 0 Å². The number of hydrogen-bond acceptors (Lipinski definition) is 6. The highest BCUT2D eigenvalue weighted by Crippen LogP contribution is 2.18. The number of hydrogen-bond donors (Lipinski definition) is 2. The quantitative estimate of drug-likeness (QED) is 0.767. The summed E-state index contributed by atoms with van der Waals surface area (Å²) in [4.78, 5) is 15.7. The molecular formula is C14H18N4O4S. The first-order valence-electron chi connectivity index (χ1n) is 6.98. The maximum Gasteiger partial charge on any atom is 0.245 e. The van der Waals surface area contributed by atoms with E-state index in [1.807, 2.05) is 6.07 Å². The largest absolute Gasteiger partial charge is 0.360 e. The first kappa shape index (κ1) is 17.1. The van der Waals surface area contributed by atoms with Crippen molar-refractivity contribution in [3.63, 3.8) is 0 Å². The molecule has 2 heterocycles. The monoisotopic (exact) mass is 338 g/mol. The van der Waals surface area contributed by atoms with E-state index in [-0.39, 0.29) is 35.2 Å². The molecule has 1 amide bonds. The molecule has 0 aromatic carbocycles. The molecule has 124 valence electrons. The highest BCUT2D eigenvalue weighted by atomic mass is 32.2. The molecule has 2 aromatic heterocycles. The fourth-order valence-corrected chi connectivity index (χ4v) is 3.38. The smallest absolute Gasteiger partial charge is 0.245 e. The predicted molar refractivity (Wildman–Crippen MR) is 81.9 cm³/mol. The lowest BCUT2D eigenvalue weighted by molar-refractivity contribution is -0.121. The number of pyridine rings is 1. The number of carbonyl (C=O) groups is 1.